The van der Waals surface area contributed by atoms with Crippen molar-refractivity contribution in [3.05, 3.63) is 67.1 Å². The van der Waals surface area contributed by atoms with Crippen molar-refractivity contribution in [1.29, 1.82) is 0 Å². The summed E-state index contributed by atoms with van der Waals surface area (Å²) in [6, 6.07) is 15.8. The summed E-state index contributed by atoms with van der Waals surface area (Å²) in [4.78, 5) is 16.5. The normalized spacial score (nSPS) is 10.2. The van der Waals surface area contributed by atoms with E-state index in [9.17, 15) is 4.79 Å². The van der Waals surface area contributed by atoms with Crippen molar-refractivity contribution in [1.82, 2.24) is 4.98 Å². The van der Waals surface area contributed by atoms with Gasteiger partial charge in [-0.25, -0.2) is 4.57 Å². The van der Waals surface area contributed by atoms with Crippen LogP contribution in [0.5, 0.6) is 0 Å². The number of carbonyl (C=O) groups is 1. The largest absolute Gasteiger partial charge is 1.00 e. The molecule has 1 amide bonds. The first kappa shape index (κ1) is 18.1. The van der Waals surface area contributed by atoms with Crippen LogP contribution in [0.4, 0.5) is 5.69 Å². The van der Waals surface area contributed by atoms with Gasteiger partial charge in [0.25, 0.3) is 0 Å². The Morgan fingerprint density at radius 2 is 1.79 bits per heavy atom. The third kappa shape index (κ3) is 4.86. The Bertz CT molecular complexity index is 787. The Morgan fingerprint density at radius 3 is 2.62 bits per heavy atom. The molecule has 1 N–H and O–H groups in total. The second-order valence-electron chi connectivity index (χ2n) is 5.50. The summed E-state index contributed by atoms with van der Waals surface area (Å²) in [6.45, 7) is 0.934. The van der Waals surface area contributed by atoms with E-state index < -0.39 is 0 Å². The molecule has 3 rings (SSSR count). The first-order valence-corrected chi connectivity index (χ1v) is 7.90. The van der Waals surface area contributed by atoms with E-state index >= 15 is 0 Å². The minimum atomic E-state index is 0. The van der Waals surface area contributed by atoms with E-state index in [1.165, 1.54) is 0 Å². The van der Waals surface area contributed by atoms with Gasteiger partial charge in [0.2, 0.25) is 5.91 Å². The molecular weight excluding hydrogens is 366 g/mol. The quantitative estimate of drug-likeness (QED) is 0.491. The molecular formula is C19H20BrN3O. The van der Waals surface area contributed by atoms with Crippen molar-refractivity contribution in [2.45, 2.75) is 25.8 Å². The van der Waals surface area contributed by atoms with Gasteiger partial charge in [0.05, 0.1) is 11.2 Å². The molecule has 5 heteroatoms. The fourth-order valence-corrected chi connectivity index (χ4v) is 2.58. The standard InChI is InChI=1S/C19H19N3O.BrH/c23-18(11-2-5-15-22-13-3-1-4-14-22)21-17-10-6-8-16-9-7-12-20-19(16)17;/h1,3-4,6-10,12-14H,2,5,11,15H2;1H. The second kappa shape index (κ2) is 9.13. The van der Waals surface area contributed by atoms with Gasteiger partial charge in [-0.05, 0) is 18.6 Å². The van der Waals surface area contributed by atoms with E-state index in [1.807, 2.05) is 60.9 Å². The SMILES string of the molecule is O=C(CCCC[n+]1ccccc1)Nc1cccc2cccnc12.[Br-]. The lowest BCUT2D eigenvalue weighted by Gasteiger charge is -2.07. The zero-order valence-electron chi connectivity index (χ0n) is 13.4. The van der Waals surface area contributed by atoms with Crippen LogP contribution >= 0.6 is 0 Å². The molecule has 0 fully saturated rings. The number of aryl methyl sites for hydroxylation is 1. The van der Waals surface area contributed by atoms with E-state index in [-0.39, 0.29) is 22.9 Å². The van der Waals surface area contributed by atoms with Gasteiger partial charge >= 0.3 is 0 Å². The maximum Gasteiger partial charge on any atom is 0.224 e. The fourth-order valence-electron chi connectivity index (χ4n) is 2.58. The number of amides is 1. The highest BCUT2D eigenvalue weighted by Gasteiger charge is 2.07. The van der Waals surface area contributed by atoms with Crippen LogP contribution in [0, 0.1) is 0 Å². The van der Waals surface area contributed by atoms with Crippen LogP contribution in [0.3, 0.4) is 0 Å². The summed E-state index contributed by atoms with van der Waals surface area (Å²) in [5, 5.41) is 4.01. The molecule has 3 aromatic rings. The van der Waals surface area contributed by atoms with Crippen LogP contribution < -0.4 is 26.9 Å². The van der Waals surface area contributed by atoms with Gasteiger partial charge in [-0.15, -0.1) is 0 Å². The van der Waals surface area contributed by atoms with Gasteiger partial charge in [-0.1, -0.05) is 24.3 Å². The first-order chi connectivity index (χ1) is 11.3. The zero-order valence-corrected chi connectivity index (χ0v) is 14.9. The maximum atomic E-state index is 12.1. The number of carbonyl (C=O) groups excluding carboxylic acids is 1. The van der Waals surface area contributed by atoms with Gasteiger partial charge in [-0.3, -0.25) is 9.78 Å². The number of nitrogens with zero attached hydrogens (tertiary/aromatic N) is 2. The molecule has 0 saturated carbocycles. The molecule has 1 aromatic carbocycles. The van der Waals surface area contributed by atoms with E-state index in [0.29, 0.717) is 6.42 Å². The molecule has 2 aromatic heterocycles. The molecule has 4 nitrogen and oxygen atoms in total. The number of fused-ring (bicyclic) bond motifs is 1. The molecule has 0 radical (unpaired) electrons. The zero-order chi connectivity index (χ0) is 15.9. The summed E-state index contributed by atoms with van der Waals surface area (Å²) >= 11 is 0. The summed E-state index contributed by atoms with van der Waals surface area (Å²) < 4.78 is 2.13. The Labute approximate surface area is 152 Å². The molecule has 2 heterocycles. The molecule has 0 atom stereocenters. The number of hydrogen-bond acceptors (Lipinski definition) is 2. The van der Waals surface area contributed by atoms with Gasteiger partial charge in [0.1, 0.15) is 6.54 Å². The number of pyridine rings is 2. The Hall–Kier alpha value is -2.27. The number of halogens is 1. The van der Waals surface area contributed by atoms with Crippen molar-refractivity contribution >= 4 is 22.5 Å². The topological polar surface area (TPSA) is 45.9 Å². The van der Waals surface area contributed by atoms with Crippen molar-refractivity contribution in [3.63, 3.8) is 0 Å². The van der Waals surface area contributed by atoms with Crippen molar-refractivity contribution in [2.75, 3.05) is 5.32 Å². The number of anilines is 1. The van der Waals surface area contributed by atoms with Gasteiger partial charge < -0.3 is 22.3 Å². The fraction of sp³-hybridized carbons (Fsp3) is 0.211. The van der Waals surface area contributed by atoms with Crippen molar-refractivity contribution in [2.24, 2.45) is 0 Å². The minimum absolute atomic E-state index is 0. The van der Waals surface area contributed by atoms with Crippen LogP contribution in [-0.2, 0) is 11.3 Å². The summed E-state index contributed by atoms with van der Waals surface area (Å²) in [5.41, 5.74) is 1.62. The maximum absolute atomic E-state index is 12.1. The van der Waals surface area contributed by atoms with Gasteiger partial charge in [0.15, 0.2) is 12.4 Å². The van der Waals surface area contributed by atoms with E-state index in [1.54, 1.807) is 6.20 Å². The number of unbranched alkanes of at least 4 members (excludes halogenated alkanes) is 1. The minimum Gasteiger partial charge on any atom is -1.00 e. The lowest BCUT2D eigenvalue weighted by Crippen LogP contribution is -3.00. The monoisotopic (exact) mass is 385 g/mol. The Balaban J connectivity index is 0.00000208. The average molecular weight is 386 g/mol. The average Bonchev–Trinajstić information content (AvgIpc) is 2.60. The number of benzene rings is 1. The molecule has 0 spiro atoms. The lowest BCUT2D eigenvalue weighted by molar-refractivity contribution is -0.697. The van der Waals surface area contributed by atoms with Crippen LogP contribution in [0.2, 0.25) is 0 Å². The predicted octanol–water partition coefficient (Wildman–Crippen LogP) is 0.335. The van der Waals surface area contributed by atoms with Crippen molar-refractivity contribution < 1.29 is 26.3 Å². The smallest absolute Gasteiger partial charge is 0.224 e. The number of rotatable bonds is 6. The highest BCUT2D eigenvalue weighted by Crippen LogP contribution is 2.20. The highest BCUT2D eigenvalue weighted by molar-refractivity contribution is 6.00. The summed E-state index contributed by atoms with van der Waals surface area (Å²) in [6.07, 6.45) is 8.21. The number of aromatic nitrogens is 2. The molecule has 0 aliphatic heterocycles. The van der Waals surface area contributed by atoms with Crippen LogP contribution in [-0.4, -0.2) is 10.9 Å². The molecule has 0 unspecified atom stereocenters. The van der Waals surface area contributed by atoms with E-state index in [0.717, 1.165) is 36.0 Å². The molecule has 124 valence electrons. The molecule has 0 saturated heterocycles. The van der Waals surface area contributed by atoms with Crippen LogP contribution in [0.15, 0.2) is 67.1 Å². The van der Waals surface area contributed by atoms with Gasteiger partial charge in [0, 0.05) is 36.6 Å². The van der Waals surface area contributed by atoms with Crippen LogP contribution in [0.1, 0.15) is 19.3 Å². The first-order valence-electron chi connectivity index (χ1n) is 7.90. The molecule has 0 aliphatic carbocycles. The van der Waals surface area contributed by atoms with Crippen molar-refractivity contribution in [3.8, 4) is 0 Å². The second-order valence-corrected chi connectivity index (χ2v) is 5.50. The molecule has 0 bridgehead atoms. The Kier molecular flexibility index (Phi) is 6.88. The van der Waals surface area contributed by atoms with Crippen LogP contribution in [0.25, 0.3) is 10.9 Å². The Morgan fingerprint density at radius 1 is 1.00 bits per heavy atom. The predicted molar refractivity (Wildman–Crippen MR) is 90.9 cm³/mol. The molecule has 24 heavy (non-hydrogen) atoms. The third-order valence-corrected chi connectivity index (χ3v) is 3.75. The number of nitrogens with one attached hydrogen (secondary N) is 1. The number of para-hydroxylation sites is 1. The van der Waals surface area contributed by atoms with E-state index in [4.69, 9.17) is 0 Å². The van der Waals surface area contributed by atoms with E-state index in [2.05, 4.69) is 14.9 Å². The van der Waals surface area contributed by atoms with Gasteiger partial charge in [-0.2, -0.15) is 0 Å². The lowest BCUT2D eigenvalue weighted by atomic mass is 10.2. The summed E-state index contributed by atoms with van der Waals surface area (Å²) in [5.74, 6) is 0.0428. The number of hydrogen-bond donors (Lipinski definition) is 1. The third-order valence-electron chi connectivity index (χ3n) is 3.75. The molecule has 0 aliphatic rings. The summed E-state index contributed by atoms with van der Waals surface area (Å²) in [7, 11) is 0. The highest BCUT2D eigenvalue weighted by atomic mass is 79.9.